The van der Waals surface area contributed by atoms with Crippen molar-refractivity contribution >= 4 is 0 Å². The van der Waals surface area contributed by atoms with Crippen LogP contribution in [0.5, 0.6) is 0 Å². The standard InChI is InChI=1S/C10H19N/c1-7-9-5-8(9)6-11(7)10(2,3)4/h7-9H,5-6H2,1-4H3/t7-,8-,9+/m0/s1. The number of hydrogen-bond donors (Lipinski definition) is 0. The number of likely N-dealkylation sites (tertiary alicyclic amines) is 1. The van der Waals surface area contributed by atoms with Crippen LogP contribution < -0.4 is 0 Å². The average molecular weight is 153 g/mol. The fourth-order valence-electron chi connectivity index (χ4n) is 2.61. The molecule has 0 amide bonds. The highest BCUT2D eigenvalue weighted by Crippen LogP contribution is 2.51. The first-order chi connectivity index (χ1) is 5.00. The zero-order chi connectivity index (χ0) is 8.22. The Morgan fingerprint density at radius 2 is 1.91 bits per heavy atom. The van der Waals surface area contributed by atoms with E-state index >= 15 is 0 Å². The lowest BCUT2D eigenvalue weighted by Gasteiger charge is -2.37. The minimum atomic E-state index is 0.396. The van der Waals surface area contributed by atoms with Crippen molar-refractivity contribution in [2.75, 3.05) is 6.54 Å². The molecule has 0 bridgehead atoms. The van der Waals surface area contributed by atoms with Crippen molar-refractivity contribution in [3.63, 3.8) is 0 Å². The molecule has 1 aliphatic carbocycles. The van der Waals surface area contributed by atoms with E-state index in [2.05, 4.69) is 32.6 Å². The third-order valence-corrected chi connectivity index (χ3v) is 3.38. The normalized spacial score (nSPS) is 44.2. The van der Waals surface area contributed by atoms with E-state index in [0.717, 1.165) is 17.9 Å². The van der Waals surface area contributed by atoms with Crippen LogP contribution in [0.4, 0.5) is 0 Å². The first-order valence-electron chi connectivity index (χ1n) is 4.77. The van der Waals surface area contributed by atoms with Gasteiger partial charge in [-0.2, -0.15) is 0 Å². The monoisotopic (exact) mass is 153 g/mol. The van der Waals surface area contributed by atoms with Crippen LogP contribution >= 0.6 is 0 Å². The summed E-state index contributed by atoms with van der Waals surface area (Å²) in [5.41, 5.74) is 0.396. The maximum Gasteiger partial charge on any atom is 0.0128 e. The van der Waals surface area contributed by atoms with Crippen molar-refractivity contribution in [1.29, 1.82) is 0 Å². The molecule has 1 heterocycles. The van der Waals surface area contributed by atoms with Crippen LogP contribution in [-0.4, -0.2) is 23.0 Å². The molecule has 2 aliphatic rings. The van der Waals surface area contributed by atoms with Gasteiger partial charge in [-0.15, -0.1) is 0 Å². The molecule has 0 radical (unpaired) electrons. The second-order valence-electron chi connectivity index (χ2n) is 5.22. The van der Waals surface area contributed by atoms with Crippen molar-refractivity contribution in [3.8, 4) is 0 Å². The fourth-order valence-corrected chi connectivity index (χ4v) is 2.61. The van der Waals surface area contributed by atoms with Gasteiger partial charge >= 0.3 is 0 Å². The number of nitrogens with zero attached hydrogens (tertiary/aromatic N) is 1. The summed E-state index contributed by atoms with van der Waals surface area (Å²) in [5, 5.41) is 0. The van der Waals surface area contributed by atoms with Crippen molar-refractivity contribution < 1.29 is 0 Å². The zero-order valence-corrected chi connectivity index (χ0v) is 8.09. The summed E-state index contributed by atoms with van der Waals surface area (Å²) in [5.74, 6) is 2.11. The molecule has 0 aromatic carbocycles. The minimum Gasteiger partial charge on any atom is -0.295 e. The molecule has 0 unspecified atom stereocenters. The highest BCUT2D eigenvalue weighted by molar-refractivity contribution is 5.05. The number of fused-ring (bicyclic) bond motifs is 1. The largest absolute Gasteiger partial charge is 0.295 e. The van der Waals surface area contributed by atoms with E-state index in [-0.39, 0.29) is 0 Å². The molecule has 1 nitrogen and oxygen atoms in total. The van der Waals surface area contributed by atoms with E-state index in [9.17, 15) is 0 Å². The Labute approximate surface area is 69.8 Å². The van der Waals surface area contributed by atoms with E-state index in [1.54, 1.807) is 0 Å². The summed E-state index contributed by atoms with van der Waals surface area (Å²) in [4.78, 5) is 2.66. The van der Waals surface area contributed by atoms with Crippen molar-refractivity contribution in [1.82, 2.24) is 4.90 Å². The average Bonchev–Trinajstić information content (AvgIpc) is 2.52. The van der Waals surface area contributed by atoms with Gasteiger partial charge in [0.05, 0.1) is 0 Å². The fraction of sp³-hybridized carbons (Fsp3) is 1.00. The summed E-state index contributed by atoms with van der Waals surface area (Å²) < 4.78 is 0. The van der Waals surface area contributed by atoms with Crippen LogP contribution in [0.3, 0.4) is 0 Å². The summed E-state index contributed by atoms with van der Waals surface area (Å²) in [6.07, 6.45) is 1.51. The van der Waals surface area contributed by atoms with Gasteiger partial charge in [-0.1, -0.05) is 0 Å². The lowest BCUT2D eigenvalue weighted by atomic mass is 10.0. The lowest BCUT2D eigenvalue weighted by molar-refractivity contribution is 0.109. The summed E-state index contributed by atoms with van der Waals surface area (Å²) in [7, 11) is 0. The molecule has 2 fully saturated rings. The van der Waals surface area contributed by atoms with Crippen molar-refractivity contribution in [2.45, 2.75) is 45.7 Å². The molecule has 0 aromatic rings. The van der Waals surface area contributed by atoms with E-state index in [4.69, 9.17) is 0 Å². The molecule has 0 aromatic heterocycles. The highest BCUT2D eigenvalue weighted by atomic mass is 15.3. The van der Waals surface area contributed by atoms with Gasteiger partial charge in [-0.25, -0.2) is 0 Å². The zero-order valence-electron chi connectivity index (χ0n) is 8.09. The van der Waals surface area contributed by atoms with E-state index in [0.29, 0.717) is 5.54 Å². The van der Waals surface area contributed by atoms with Gasteiger partial charge in [-0.3, -0.25) is 4.90 Å². The molecule has 1 heteroatoms. The van der Waals surface area contributed by atoms with E-state index < -0.39 is 0 Å². The van der Waals surface area contributed by atoms with Gasteiger partial charge in [0.1, 0.15) is 0 Å². The van der Waals surface area contributed by atoms with Gasteiger partial charge < -0.3 is 0 Å². The third-order valence-electron chi connectivity index (χ3n) is 3.38. The van der Waals surface area contributed by atoms with Gasteiger partial charge in [0.25, 0.3) is 0 Å². The van der Waals surface area contributed by atoms with Crippen molar-refractivity contribution in [2.24, 2.45) is 11.8 Å². The van der Waals surface area contributed by atoms with Crippen LogP contribution in [-0.2, 0) is 0 Å². The summed E-state index contributed by atoms with van der Waals surface area (Å²) >= 11 is 0. The molecule has 64 valence electrons. The molecule has 3 atom stereocenters. The Morgan fingerprint density at radius 1 is 1.27 bits per heavy atom. The first kappa shape index (κ1) is 7.60. The third kappa shape index (κ3) is 1.10. The molecule has 1 saturated heterocycles. The Kier molecular flexibility index (Phi) is 1.39. The predicted octanol–water partition coefficient (Wildman–Crippen LogP) is 2.13. The van der Waals surface area contributed by atoms with Crippen LogP contribution in [0.15, 0.2) is 0 Å². The maximum atomic E-state index is 2.66. The van der Waals surface area contributed by atoms with Crippen LogP contribution in [0, 0.1) is 11.8 Å². The van der Waals surface area contributed by atoms with E-state index in [1.165, 1.54) is 13.0 Å². The predicted molar refractivity (Wildman–Crippen MR) is 47.5 cm³/mol. The van der Waals surface area contributed by atoms with Crippen LogP contribution in [0.2, 0.25) is 0 Å². The number of piperidine rings is 1. The SMILES string of the molecule is C[C@H]1[C@H]2C[C@H]2CN1C(C)(C)C. The molecule has 0 N–H and O–H groups in total. The number of rotatable bonds is 0. The topological polar surface area (TPSA) is 3.24 Å². The molecule has 0 spiro atoms. The molecular weight excluding hydrogens is 134 g/mol. The highest BCUT2D eigenvalue weighted by Gasteiger charge is 2.52. The Hall–Kier alpha value is -0.0400. The first-order valence-corrected chi connectivity index (χ1v) is 4.77. The maximum absolute atomic E-state index is 2.66. The minimum absolute atomic E-state index is 0.396. The lowest BCUT2D eigenvalue weighted by Crippen LogP contribution is -2.45. The van der Waals surface area contributed by atoms with Gasteiger partial charge in [-0.05, 0) is 46.0 Å². The summed E-state index contributed by atoms with van der Waals surface area (Å²) in [6, 6.07) is 0.847. The molecular formula is C10H19N. The Balaban J connectivity index is 2.07. The smallest absolute Gasteiger partial charge is 0.0128 e. The van der Waals surface area contributed by atoms with Gasteiger partial charge in [0.15, 0.2) is 0 Å². The molecule has 11 heavy (non-hydrogen) atoms. The number of hydrogen-bond acceptors (Lipinski definition) is 1. The van der Waals surface area contributed by atoms with Gasteiger partial charge in [0, 0.05) is 18.1 Å². The summed E-state index contributed by atoms with van der Waals surface area (Å²) in [6.45, 7) is 10.7. The van der Waals surface area contributed by atoms with E-state index in [1.807, 2.05) is 0 Å². The van der Waals surface area contributed by atoms with Crippen LogP contribution in [0.1, 0.15) is 34.1 Å². The Morgan fingerprint density at radius 3 is 2.18 bits per heavy atom. The molecule has 1 aliphatic heterocycles. The Bertz CT molecular complexity index is 168. The van der Waals surface area contributed by atoms with Gasteiger partial charge in [0.2, 0.25) is 0 Å². The second-order valence-corrected chi connectivity index (χ2v) is 5.22. The second kappa shape index (κ2) is 2.01. The molecule has 1 saturated carbocycles. The molecule has 2 rings (SSSR count). The van der Waals surface area contributed by atoms with Crippen LogP contribution in [0.25, 0.3) is 0 Å². The van der Waals surface area contributed by atoms with Crippen molar-refractivity contribution in [3.05, 3.63) is 0 Å². The quantitative estimate of drug-likeness (QED) is 0.515.